The van der Waals surface area contributed by atoms with Crippen molar-refractivity contribution >= 4 is 39.6 Å². The minimum Gasteiger partial charge on any atom is -0.508 e. The first kappa shape index (κ1) is 21.3. The molecule has 0 spiro atoms. The highest BCUT2D eigenvalue weighted by Crippen LogP contribution is 2.30. The van der Waals surface area contributed by atoms with E-state index >= 15 is 0 Å². The lowest BCUT2D eigenvalue weighted by molar-refractivity contribution is -0.113. The second kappa shape index (κ2) is 8.68. The van der Waals surface area contributed by atoms with Gasteiger partial charge in [-0.25, -0.2) is 9.97 Å². The van der Waals surface area contributed by atoms with Crippen LogP contribution in [0.5, 0.6) is 5.75 Å². The molecule has 0 fully saturated rings. The molecule has 0 aliphatic carbocycles. The van der Waals surface area contributed by atoms with Crippen molar-refractivity contribution in [3.8, 4) is 5.75 Å². The molecule has 4 rings (SSSR count). The van der Waals surface area contributed by atoms with E-state index in [1.54, 1.807) is 42.7 Å². The highest BCUT2D eigenvalue weighted by atomic mass is 16.3. The number of carbonyl (C=O) groups excluding carboxylic acids is 1. The van der Waals surface area contributed by atoms with E-state index in [4.69, 9.17) is 4.98 Å². The van der Waals surface area contributed by atoms with Crippen molar-refractivity contribution in [3.63, 3.8) is 0 Å². The first-order chi connectivity index (χ1) is 15.3. The fourth-order valence-corrected chi connectivity index (χ4v) is 3.43. The molecule has 1 amide bonds. The van der Waals surface area contributed by atoms with Gasteiger partial charge in [0.1, 0.15) is 11.3 Å². The maximum atomic E-state index is 12.5. The van der Waals surface area contributed by atoms with Gasteiger partial charge in [-0.3, -0.25) is 9.20 Å². The van der Waals surface area contributed by atoms with Crippen molar-refractivity contribution < 1.29 is 9.90 Å². The Morgan fingerprint density at radius 2 is 2.00 bits per heavy atom. The summed E-state index contributed by atoms with van der Waals surface area (Å²) in [6, 6.07) is 11.0. The van der Waals surface area contributed by atoms with Crippen LogP contribution in [0.25, 0.3) is 16.6 Å². The van der Waals surface area contributed by atoms with Gasteiger partial charge in [0.15, 0.2) is 5.82 Å². The van der Waals surface area contributed by atoms with Crippen molar-refractivity contribution in [2.45, 2.75) is 6.92 Å². The van der Waals surface area contributed by atoms with Gasteiger partial charge >= 0.3 is 0 Å². The van der Waals surface area contributed by atoms with Crippen LogP contribution in [-0.2, 0) is 4.79 Å². The van der Waals surface area contributed by atoms with E-state index in [0.717, 1.165) is 33.5 Å². The Morgan fingerprint density at radius 3 is 2.78 bits per heavy atom. The molecule has 0 atom stereocenters. The van der Waals surface area contributed by atoms with Crippen LogP contribution in [0.15, 0.2) is 61.1 Å². The van der Waals surface area contributed by atoms with Crippen LogP contribution in [0.3, 0.4) is 0 Å². The monoisotopic (exact) mass is 430 g/mol. The van der Waals surface area contributed by atoms with Gasteiger partial charge < -0.3 is 20.2 Å². The molecule has 8 heteroatoms. The first-order valence-corrected chi connectivity index (χ1v) is 10.3. The molecule has 0 aliphatic rings. The predicted octanol–water partition coefficient (Wildman–Crippen LogP) is 3.72. The van der Waals surface area contributed by atoms with Gasteiger partial charge in [-0.15, -0.1) is 0 Å². The number of aromatic nitrogens is 3. The Kier molecular flexibility index (Phi) is 5.79. The summed E-state index contributed by atoms with van der Waals surface area (Å²) in [5.41, 5.74) is 4.65. The van der Waals surface area contributed by atoms with Crippen LogP contribution in [0.4, 0.5) is 17.2 Å². The minimum atomic E-state index is -0.0984. The van der Waals surface area contributed by atoms with E-state index in [9.17, 15) is 9.90 Å². The Bertz CT molecular complexity index is 1330. The number of hydrogen-bond donors (Lipinski definition) is 2. The molecule has 32 heavy (non-hydrogen) atoms. The standard InChI is InChI=1S/C24H26N6O2/c1-16-18(7-5-8-22(16)31)26-24-21-14-25-15-30(21)20-13-17(10-11-19(20)27-24)29(4)23(32)9-6-12-28(2)3/h5-11,13-15,31H,12H2,1-4H3,(H,26,27)/b9-6+. The summed E-state index contributed by atoms with van der Waals surface area (Å²) >= 11 is 0. The van der Waals surface area contributed by atoms with Crippen molar-refractivity contribution in [2.75, 3.05) is 37.9 Å². The molecule has 8 nitrogen and oxygen atoms in total. The molecule has 2 aromatic heterocycles. The van der Waals surface area contributed by atoms with Crippen molar-refractivity contribution in [2.24, 2.45) is 0 Å². The number of nitrogens with one attached hydrogen (secondary N) is 1. The molecule has 2 N–H and O–H groups in total. The third kappa shape index (κ3) is 4.13. The summed E-state index contributed by atoms with van der Waals surface area (Å²) in [6.45, 7) is 2.55. The number of likely N-dealkylation sites (N-methyl/N-ethyl adjacent to an activating group) is 2. The van der Waals surface area contributed by atoms with E-state index < -0.39 is 0 Å². The fraction of sp³-hybridized carbons (Fsp3) is 0.208. The van der Waals surface area contributed by atoms with Gasteiger partial charge in [-0.1, -0.05) is 12.1 Å². The van der Waals surface area contributed by atoms with Crippen LogP contribution in [-0.4, -0.2) is 58.0 Å². The SMILES string of the molecule is Cc1c(O)cccc1Nc1nc2ccc(N(C)C(=O)/C=C/CN(C)C)cc2n2cncc12. The number of phenols is 1. The lowest BCUT2D eigenvalue weighted by atomic mass is 10.2. The van der Waals surface area contributed by atoms with Crippen LogP contribution in [0.2, 0.25) is 0 Å². The number of benzene rings is 2. The molecule has 0 saturated heterocycles. The number of anilines is 3. The smallest absolute Gasteiger partial charge is 0.250 e. The number of fused-ring (bicyclic) bond motifs is 3. The Labute approximate surface area is 186 Å². The second-order valence-corrected chi connectivity index (χ2v) is 7.92. The molecule has 0 saturated carbocycles. The topological polar surface area (TPSA) is 86.0 Å². The molecule has 0 radical (unpaired) electrons. The lowest BCUT2D eigenvalue weighted by Crippen LogP contribution is -2.24. The molecular weight excluding hydrogens is 404 g/mol. The number of carbonyl (C=O) groups is 1. The Morgan fingerprint density at radius 1 is 1.19 bits per heavy atom. The lowest BCUT2D eigenvalue weighted by Gasteiger charge is -2.17. The minimum absolute atomic E-state index is 0.0984. The third-order valence-corrected chi connectivity index (χ3v) is 5.34. The maximum Gasteiger partial charge on any atom is 0.250 e. The van der Waals surface area contributed by atoms with Gasteiger partial charge in [0, 0.05) is 36.6 Å². The van der Waals surface area contributed by atoms with Gasteiger partial charge in [-0.2, -0.15) is 0 Å². The molecule has 0 aliphatic heterocycles. The zero-order valence-corrected chi connectivity index (χ0v) is 18.6. The van der Waals surface area contributed by atoms with Gasteiger partial charge in [0.05, 0.1) is 23.6 Å². The van der Waals surface area contributed by atoms with E-state index in [-0.39, 0.29) is 11.7 Å². The van der Waals surface area contributed by atoms with E-state index in [1.165, 1.54) is 0 Å². The average Bonchev–Trinajstić information content (AvgIpc) is 3.26. The van der Waals surface area contributed by atoms with Gasteiger partial charge in [-0.05, 0) is 51.4 Å². The van der Waals surface area contributed by atoms with Gasteiger partial charge in [0.2, 0.25) is 5.91 Å². The highest BCUT2D eigenvalue weighted by Gasteiger charge is 2.14. The number of nitrogens with zero attached hydrogens (tertiary/aromatic N) is 5. The number of aromatic hydroxyl groups is 1. The van der Waals surface area contributed by atoms with Gasteiger partial charge in [0.25, 0.3) is 0 Å². The highest BCUT2D eigenvalue weighted by molar-refractivity contribution is 6.02. The number of rotatable bonds is 6. The summed E-state index contributed by atoms with van der Waals surface area (Å²) in [7, 11) is 5.66. The Balaban J connectivity index is 1.71. The van der Waals surface area contributed by atoms with Crippen LogP contribution in [0.1, 0.15) is 5.56 Å². The molecule has 164 valence electrons. The van der Waals surface area contributed by atoms with Crippen LogP contribution >= 0.6 is 0 Å². The number of amides is 1. The normalized spacial score (nSPS) is 11.7. The average molecular weight is 431 g/mol. The number of hydrogen-bond acceptors (Lipinski definition) is 6. The number of imidazole rings is 1. The van der Waals surface area contributed by atoms with Crippen molar-refractivity contribution in [1.82, 2.24) is 19.3 Å². The van der Waals surface area contributed by atoms with E-state index in [1.807, 2.05) is 60.7 Å². The summed E-state index contributed by atoms with van der Waals surface area (Å²) in [5, 5.41) is 13.3. The molecular formula is C24H26N6O2. The zero-order valence-electron chi connectivity index (χ0n) is 18.6. The summed E-state index contributed by atoms with van der Waals surface area (Å²) in [5.74, 6) is 0.753. The zero-order chi connectivity index (χ0) is 22.8. The molecule has 4 aromatic rings. The largest absolute Gasteiger partial charge is 0.508 e. The third-order valence-electron chi connectivity index (χ3n) is 5.34. The quantitative estimate of drug-likeness (QED) is 0.454. The van der Waals surface area contributed by atoms with E-state index in [0.29, 0.717) is 12.4 Å². The second-order valence-electron chi connectivity index (χ2n) is 7.92. The maximum absolute atomic E-state index is 12.5. The van der Waals surface area contributed by atoms with Crippen molar-refractivity contribution in [1.29, 1.82) is 0 Å². The molecule has 0 unspecified atom stereocenters. The number of phenolic OH excluding ortho intramolecular Hbond substituents is 1. The first-order valence-electron chi connectivity index (χ1n) is 10.3. The van der Waals surface area contributed by atoms with Crippen LogP contribution in [0, 0.1) is 6.92 Å². The van der Waals surface area contributed by atoms with Crippen LogP contribution < -0.4 is 10.2 Å². The molecule has 0 bridgehead atoms. The molecule has 2 heterocycles. The Hall–Kier alpha value is -3.91. The summed E-state index contributed by atoms with van der Waals surface area (Å²) < 4.78 is 1.94. The predicted molar refractivity (Wildman–Crippen MR) is 128 cm³/mol. The fourth-order valence-electron chi connectivity index (χ4n) is 3.43. The van der Waals surface area contributed by atoms with Crippen molar-refractivity contribution in [3.05, 3.63) is 66.6 Å². The molecule has 2 aromatic carbocycles. The summed E-state index contributed by atoms with van der Waals surface area (Å²) in [6.07, 6.45) is 6.89. The van der Waals surface area contributed by atoms with E-state index in [2.05, 4.69) is 10.3 Å². The summed E-state index contributed by atoms with van der Waals surface area (Å²) in [4.78, 5) is 25.2.